The van der Waals surface area contributed by atoms with Crippen molar-refractivity contribution in [1.82, 2.24) is 0 Å². The van der Waals surface area contributed by atoms with Gasteiger partial charge in [0, 0.05) is 6.42 Å². The van der Waals surface area contributed by atoms with Gasteiger partial charge in [0.05, 0.1) is 0 Å². The Balaban J connectivity index is 0.000000807. The summed E-state index contributed by atoms with van der Waals surface area (Å²) < 4.78 is 0. The summed E-state index contributed by atoms with van der Waals surface area (Å²) in [4.78, 5) is 21.2. The number of unbranched alkanes of at least 4 members (excludes halogenated alkanes) is 13. The van der Waals surface area contributed by atoms with Crippen molar-refractivity contribution in [2.75, 3.05) is 0 Å². The van der Waals surface area contributed by atoms with E-state index in [1.54, 1.807) is 12.1 Å². The van der Waals surface area contributed by atoms with Crippen molar-refractivity contribution < 1.29 is 24.9 Å². The molecule has 5 heteroatoms. The van der Waals surface area contributed by atoms with E-state index in [1.165, 1.54) is 82.8 Å². The van der Waals surface area contributed by atoms with Gasteiger partial charge in [0.1, 0.15) is 0 Å². The molecule has 0 unspecified atom stereocenters. The summed E-state index contributed by atoms with van der Waals surface area (Å²) in [5.74, 6) is -2.08. The van der Waals surface area contributed by atoms with Gasteiger partial charge in [0.2, 0.25) is 5.78 Å². The van der Waals surface area contributed by atoms with Crippen LogP contribution in [0.4, 0.5) is 0 Å². The highest BCUT2D eigenvalue weighted by molar-refractivity contribution is 6.32. The second-order valence-corrected chi connectivity index (χ2v) is 7.56. The average molecular weight is 409 g/mol. The molecule has 0 aromatic heterocycles. The number of carboxylic acids is 1. The Hall–Kier alpha value is -2.04. The lowest BCUT2D eigenvalue weighted by Gasteiger charge is -2.03. The molecular formula is C24H40O5. The number of aromatic hydroxyl groups is 2. The summed E-state index contributed by atoms with van der Waals surface area (Å²) in [6.07, 6.45) is 17.9. The molecule has 1 rings (SSSR count). The first-order valence-electron chi connectivity index (χ1n) is 11.2. The zero-order chi connectivity index (χ0) is 21.7. The first-order valence-corrected chi connectivity index (χ1v) is 11.2. The maximum atomic E-state index is 10.9. The average Bonchev–Trinajstić information content (AvgIpc) is 2.70. The molecule has 1 aromatic rings. The molecule has 1 aromatic carbocycles. The minimum atomic E-state index is -1.29. The normalized spacial score (nSPS) is 10.2. The van der Waals surface area contributed by atoms with Crippen LogP contribution in [-0.2, 0) is 9.59 Å². The lowest BCUT2D eigenvalue weighted by Crippen LogP contribution is -2.11. The lowest BCUT2D eigenvalue weighted by molar-refractivity contribution is -0.149. The molecule has 3 N–H and O–H groups in total. The number of carbonyl (C=O) groups excluding carboxylic acids is 1. The maximum Gasteiger partial charge on any atom is 0.372 e. The molecule has 166 valence electrons. The van der Waals surface area contributed by atoms with Gasteiger partial charge in [-0.2, -0.15) is 0 Å². The van der Waals surface area contributed by atoms with Gasteiger partial charge in [0.15, 0.2) is 11.5 Å². The molecule has 0 atom stereocenters. The molecule has 0 saturated carbocycles. The zero-order valence-corrected chi connectivity index (χ0v) is 18.1. The molecule has 0 amide bonds. The number of phenols is 2. The third kappa shape index (κ3) is 17.8. The quantitative estimate of drug-likeness (QED) is 0.162. The topological polar surface area (TPSA) is 94.8 Å². The predicted molar refractivity (Wildman–Crippen MR) is 117 cm³/mol. The summed E-state index contributed by atoms with van der Waals surface area (Å²) in [6, 6.07) is 6.15. The van der Waals surface area contributed by atoms with Crippen LogP contribution < -0.4 is 0 Å². The van der Waals surface area contributed by atoms with Gasteiger partial charge in [-0.1, -0.05) is 103 Å². The van der Waals surface area contributed by atoms with Crippen molar-refractivity contribution >= 4 is 11.8 Å². The molecule has 0 aliphatic carbocycles. The fraction of sp³-hybridized carbons (Fsp3) is 0.667. The number of carboxylic acid groups (broad SMARTS) is 1. The van der Waals surface area contributed by atoms with E-state index in [-0.39, 0.29) is 17.9 Å². The van der Waals surface area contributed by atoms with Crippen LogP contribution in [0.1, 0.15) is 103 Å². The Kier molecular flexibility index (Phi) is 17.9. The highest BCUT2D eigenvalue weighted by atomic mass is 16.4. The van der Waals surface area contributed by atoms with Crippen LogP contribution >= 0.6 is 0 Å². The highest BCUT2D eigenvalue weighted by Gasteiger charge is 2.09. The number of aliphatic carboxylic acids is 1. The van der Waals surface area contributed by atoms with Gasteiger partial charge in [-0.25, -0.2) is 4.79 Å². The molecule has 0 bridgehead atoms. The first kappa shape index (κ1) is 27.0. The van der Waals surface area contributed by atoms with Crippen LogP contribution in [0.25, 0.3) is 0 Å². The van der Waals surface area contributed by atoms with Gasteiger partial charge in [-0.05, 0) is 18.6 Å². The van der Waals surface area contributed by atoms with E-state index in [9.17, 15) is 9.59 Å². The molecular weight excluding hydrogens is 368 g/mol. The smallest absolute Gasteiger partial charge is 0.372 e. The maximum absolute atomic E-state index is 10.9. The number of ketones is 1. The molecule has 0 saturated heterocycles. The van der Waals surface area contributed by atoms with E-state index in [2.05, 4.69) is 6.92 Å². The Bertz CT molecular complexity index is 521. The monoisotopic (exact) mass is 408 g/mol. The largest absolute Gasteiger partial charge is 0.504 e. The van der Waals surface area contributed by atoms with Crippen molar-refractivity contribution in [1.29, 1.82) is 0 Å². The van der Waals surface area contributed by atoms with Crippen LogP contribution in [0.2, 0.25) is 0 Å². The van der Waals surface area contributed by atoms with Gasteiger partial charge < -0.3 is 15.3 Å². The van der Waals surface area contributed by atoms with E-state index in [0.29, 0.717) is 0 Å². The number of rotatable bonds is 16. The van der Waals surface area contributed by atoms with Crippen LogP contribution in [0, 0.1) is 0 Å². The number of hydrogen-bond donors (Lipinski definition) is 3. The number of Topliss-reactive ketones (excluding diaryl/α,β-unsaturated/α-hetero) is 1. The van der Waals surface area contributed by atoms with Crippen molar-refractivity contribution in [2.45, 2.75) is 103 Å². The second-order valence-electron chi connectivity index (χ2n) is 7.56. The van der Waals surface area contributed by atoms with E-state index in [1.807, 2.05) is 0 Å². The number of carbonyl (C=O) groups is 2. The number of hydrogen-bond acceptors (Lipinski definition) is 4. The predicted octanol–water partition coefficient (Wildman–Crippen LogP) is 6.61. The highest BCUT2D eigenvalue weighted by Crippen LogP contribution is 2.21. The minimum absolute atomic E-state index is 0.0764. The number of benzene rings is 1. The Morgan fingerprint density at radius 2 is 1.00 bits per heavy atom. The fourth-order valence-corrected chi connectivity index (χ4v) is 3.05. The lowest BCUT2D eigenvalue weighted by atomic mass is 10.0. The van der Waals surface area contributed by atoms with Gasteiger partial charge in [-0.3, -0.25) is 4.79 Å². The van der Waals surface area contributed by atoms with Gasteiger partial charge in [-0.15, -0.1) is 0 Å². The molecule has 0 spiro atoms. The van der Waals surface area contributed by atoms with Crippen molar-refractivity contribution in [2.24, 2.45) is 0 Å². The number of para-hydroxylation sites is 2. The Labute approximate surface area is 176 Å². The fourth-order valence-electron chi connectivity index (χ4n) is 3.05. The van der Waals surface area contributed by atoms with E-state index < -0.39 is 11.8 Å². The summed E-state index contributed by atoms with van der Waals surface area (Å²) in [5, 5.41) is 25.8. The molecule has 0 fully saturated rings. The summed E-state index contributed by atoms with van der Waals surface area (Å²) in [6.45, 7) is 2.25. The Morgan fingerprint density at radius 1 is 0.655 bits per heavy atom. The van der Waals surface area contributed by atoms with Crippen LogP contribution in [-0.4, -0.2) is 27.1 Å². The molecule has 0 radical (unpaired) electrons. The minimum Gasteiger partial charge on any atom is -0.504 e. The SMILES string of the molecule is CCCCCCCCCCCCCCCCC(=O)C(=O)O.Oc1ccccc1O. The van der Waals surface area contributed by atoms with Gasteiger partial charge >= 0.3 is 5.97 Å². The van der Waals surface area contributed by atoms with Crippen molar-refractivity contribution in [3.05, 3.63) is 24.3 Å². The van der Waals surface area contributed by atoms with Crippen molar-refractivity contribution in [3.8, 4) is 11.5 Å². The molecule has 29 heavy (non-hydrogen) atoms. The zero-order valence-electron chi connectivity index (χ0n) is 18.1. The summed E-state index contributed by atoms with van der Waals surface area (Å²) >= 11 is 0. The van der Waals surface area contributed by atoms with Crippen LogP contribution in [0.15, 0.2) is 24.3 Å². The van der Waals surface area contributed by atoms with E-state index in [4.69, 9.17) is 15.3 Å². The second kappa shape index (κ2) is 19.3. The standard InChI is InChI=1S/C18H34O3.C6H6O2/c1-2-3-4-5-6-7-8-9-10-11-12-13-14-15-16-17(19)18(20)21;7-5-3-1-2-4-6(5)8/h2-16H2,1H3,(H,20,21);1-4,7-8H. The van der Waals surface area contributed by atoms with E-state index in [0.717, 1.165) is 19.3 Å². The van der Waals surface area contributed by atoms with Gasteiger partial charge in [0.25, 0.3) is 0 Å². The Morgan fingerprint density at radius 3 is 1.31 bits per heavy atom. The summed E-state index contributed by atoms with van der Waals surface area (Å²) in [7, 11) is 0. The van der Waals surface area contributed by atoms with Crippen LogP contribution in [0.5, 0.6) is 11.5 Å². The first-order chi connectivity index (χ1) is 14.0. The van der Waals surface area contributed by atoms with Crippen molar-refractivity contribution in [3.63, 3.8) is 0 Å². The van der Waals surface area contributed by atoms with E-state index >= 15 is 0 Å². The molecule has 5 nitrogen and oxygen atoms in total. The molecule has 0 aliphatic rings. The summed E-state index contributed by atoms with van der Waals surface area (Å²) in [5.41, 5.74) is 0. The third-order valence-corrected chi connectivity index (χ3v) is 4.88. The third-order valence-electron chi connectivity index (χ3n) is 4.88. The molecule has 0 aliphatic heterocycles. The number of phenolic OH excluding ortho intramolecular Hbond substituents is 2. The molecule has 0 heterocycles. The van der Waals surface area contributed by atoms with Crippen LogP contribution in [0.3, 0.4) is 0 Å².